The Kier molecular flexibility index (Phi) is 5.58. The standard InChI is InChI=1S/C35H27FN2O3/c1-20-12-17-28-25(18-20)21(2)19-29-35(26-10-6-7-11-27(26)37-34(35)41)30(32(39)23-13-15-24(36)16-14-23)31(38(28)29)33(40)22-8-4-3-5-9-22/h3-19,29-31H,1-2H3,(H,37,41)/t29-,30+,31-,35+/m0/s1. The molecule has 3 heterocycles. The van der Waals surface area contributed by atoms with Crippen molar-refractivity contribution in [2.45, 2.75) is 31.3 Å². The summed E-state index contributed by atoms with van der Waals surface area (Å²) in [6.45, 7) is 4.02. The maximum atomic E-state index is 14.7. The number of fused-ring (bicyclic) bond motifs is 6. The Labute approximate surface area is 237 Å². The van der Waals surface area contributed by atoms with Crippen molar-refractivity contribution in [1.82, 2.24) is 0 Å². The van der Waals surface area contributed by atoms with Gasteiger partial charge in [-0.3, -0.25) is 14.4 Å². The van der Waals surface area contributed by atoms with Gasteiger partial charge < -0.3 is 10.2 Å². The molecule has 1 N–H and O–H groups in total. The molecular formula is C35H27FN2O3. The van der Waals surface area contributed by atoms with E-state index in [1.165, 1.54) is 24.3 Å². The van der Waals surface area contributed by atoms with Crippen LogP contribution in [0.2, 0.25) is 0 Å². The maximum Gasteiger partial charge on any atom is 0.238 e. The molecule has 1 fully saturated rings. The van der Waals surface area contributed by atoms with Crippen molar-refractivity contribution in [2.24, 2.45) is 5.92 Å². The van der Waals surface area contributed by atoms with Crippen LogP contribution in [0.4, 0.5) is 15.8 Å². The lowest BCUT2D eigenvalue weighted by atomic mass is 9.64. The topological polar surface area (TPSA) is 66.5 Å². The van der Waals surface area contributed by atoms with Gasteiger partial charge in [0.15, 0.2) is 11.6 Å². The SMILES string of the molecule is CC1=C[C@@H]2N(c3ccc(C)cc31)[C@H](C(=O)c1ccccc1)[C@H](C(=O)c1ccc(F)cc1)[C@]21C(=O)Nc2ccccc21. The number of carbonyl (C=O) groups is 3. The van der Waals surface area contributed by atoms with E-state index in [9.17, 15) is 18.8 Å². The van der Waals surface area contributed by atoms with E-state index < -0.39 is 29.2 Å². The number of carbonyl (C=O) groups excluding carboxylic acids is 3. The van der Waals surface area contributed by atoms with Gasteiger partial charge in [-0.1, -0.05) is 66.2 Å². The van der Waals surface area contributed by atoms with E-state index in [0.717, 1.165) is 22.4 Å². The predicted octanol–water partition coefficient (Wildman–Crippen LogP) is 6.38. The number of allylic oxidation sites excluding steroid dienone is 1. The second kappa shape index (κ2) is 9.10. The summed E-state index contributed by atoms with van der Waals surface area (Å²) in [7, 11) is 0. The number of benzene rings is 4. The minimum absolute atomic E-state index is 0.246. The lowest BCUT2D eigenvalue weighted by Crippen LogP contribution is -2.51. The zero-order valence-corrected chi connectivity index (χ0v) is 22.6. The van der Waals surface area contributed by atoms with Crippen molar-refractivity contribution in [2.75, 3.05) is 10.2 Å². The monoisotopic (exact) mass is 542 g/mol. The Bertz CT molecular complexity index is 1780. The first-order valence-corrected chi connectivity index (χ1v) is 13.7. The molecule has 0 unspecified atom stereocenters. The van der Waals surface area contributed by atoms with Gasteiger partial charge in [0.2, 0.25) is 5.91 Å². The van der Waals surface area contributed by atoms with Crippen molar-refractivity contribution in [1.29, 1.82) is 0 Å². The Hall–Kier alpha value is -4.84. The number of Topliss-reactive ketones (excluding diaryl/α,β-unsaturated/α-hetero) is 2. The summed E-state index contributed by atoms with van der Waals surface area (Å²) in [4.78, 5) is 45.7. The van der Waals surface area contributed by atoms with Crippen LogP contribution < -0.4 is 10.2 Å². The second-order valence-electron chi connectivity index (χ2n) is 11.1. The molecule has 0 radical (unpaired) electrons. The largest absolute Gasteiger partial charge is 0.352 e. The number of hydrogen-bond acceptors (Lipinski definition) is 4. The zero-order valence-electron chi connectivity index (χ0n) is 22.6. The van der Waals surface area contributed by atoms with Crippen molar-refractivity contribution >= 4 is 34.4 Å². The Balaban J connectivity index is 1.56. The number of ketones is 2. The molecule has 4 atom stereocenters. The van der Waals surface area contributed by atoms with E-state index in [4.69, 9.17) is 0 Å². The molecule has 3 aliphatic rings. The molecule has 0 aromatic heterocycles. The van der Waals surface area contributed by atoms with Crippen molar-refractivity contribution < 1.29 is 18.8 Å². The molecule has 0 bridgehead atoms. The summed E-state index contributed by atoms with van der Waals surface area (Å²) in [5.41, 5.74) is 4.43. The quantitative estimate of drug-likeness (QED) is 0.304. The molecule has 5 nitrogen and oxygen atoms in total. The molecule has 3 aliphatic heterocycles. The summed E-state index contributed by atoms with van der Waals surface area (Å²) >= 11 is 0. The van der Waals surface area contributed by atoms with Crippen LogP contribution in [0.3, 0.4) is 0 Å². The van der Waals surface area contributed by atoms with E-state index in [1.54, 1.807) is 24.3 Å². The van der Waals surface area contributed by atoms with E-state index in [2.05, 4.69) is 11.4 Å². The van der Waals surface area contributed by atoms with Crippen LogP contribution in [0.25, 0.3) is 5.57 Å². The number of halogens is 1. The smallest absolute Gasteiger partial charge is 0.238 e. The maximum absolute atomic E-state index is 14.7. The number of nitrogens with one attached hydrogen (secondary N) is 1. The molecule has 4 aromatic carbocycles. The second-order valence-corrected chi connectivity index (χ2v) is 11.1. The van der Waals surface area contributed by atoms with Gasteiger partial charge in [-0.15, -0.1) is 0 Å². The third kappa shape index (κ3) is 3.50. The van der Waals surface area contributed by atoms with E-state index in [-0.39, 0.29) is 23.0 Å². The Morgan fingerprint density at radius 2 is 1.51 bits per heavy atom. The lowest BCUT2D eigenvalue weighted by Gasteiger charge is -2.39. The fraction of sp³-hybridized carbons (Fsp3) is 0.171. The minimum atomic E-state index is -1.40. The minimum Gasteiger partial charge on any atom is -0.352 e. The Morgan fingerprint density at radius 1 is 0.829 bits per heavy atom. The Morgan fingerprint density at radius 3 is 2.27 bits per heavy atom. The van der Waals surface area contributed by atoms with Crippen LogP contribution in [0.5, 0.6) is 0 Å². The molecule has 1 spiro atoms. The average molecular weight is 543 g/mol. The summed E-state index contributed by atoms with van der Waals surface area (Å²) in [5, 5.41) is 3.04. The van der Waals surface area contributed by atoms with E-state index in [0.29, 0.717) is 16.8 Å². The fourth-order valence-corrected chi connectivity index (χ4v) is 7.11. The first-order chi connectivity index (χ1) is 19.8. The first-order valence-electron chi connectivity index (χ1n) is 13.7. The van der Waals surface area contributed by atoms with Crippen molar-refractivity contribution in [3.8, 4) is 0 Å². The molecule has 7 rings (SSSR count). The number of para-hydroxylation sites is 1. The number of hydrogen-bond donors (Lipinski definition) is 1. The molecule has 1 amide bonds. The van der Waals surface area contributed by atoms with Gasteiger partial charge in [-0.05, 0) is 67.4 Å². The summed E-state index contributed by atoms with van der Waals surface area (Å²) in [5.74, 6) is -2.50. The van der Waals surface area contributed by atoms with Crippen molar-refractivity contribution in [3.05, 3.63) is 137 Å². The van der Waals surface area contributed by atoms with Gasteiger partial charge in [0.1, 0.15) is 17.3 Å². The van der Waals surface area contributed by atoms with Gasteiger partial charge in [0.05, 0.1) is 12.0 Å². The molecule has 4 aromatic rings. The molecule has 0 saturated carbocycles. The number of anilines is 2. The highest BCUT2D eigenvalue weighted by Gasteiger charge is 2.70. The number of amides is 1. The van der Waals surface area contributed by atoms with E-state index >= 15 is 0 Å². The lowest BCUT2D eigenvalue weighted by molar-refractivity contribution is -0.121. The summed E-state index contributed by atoms with van der Waals surface area (Å²) in [6.07, 6.45) is 2.03. The number of rotatable bonds is 4. The van der Waals surface area contributed by atoms with Crippen LogP contribution in [-0.4, -0.2) is 29.6 Å². The van der Waals surface area contributed by atoms with Gasteiger partial charge in [-0.2, -0.15) is 0 Å². The van der Waals surface area contributed by atoms with Gasteiger partial charge in [-0.25, -0.2) is 4.39 Å². The van der Waals surface area contributed by atoms with Crippen LogP contribution >= 0.6 is 0 Å². The first kappa shape index (κ1) is 25.1. The predicted molar refractivity (Wildman–Crippen MR) is 157 cm³/mol. The summed E-state index contributed by atoms with van der Waals surface area (Å²) < 4.78 is 13.9. The molecule has 41 heavy (non-hydrogen) atoms. The third-order valence-corrected chi connectivity index (χ3v) is 8.87. The average Bonchev–Trinajstić information content (AvgIpc) is 3.45. The van der Waals surface area contributed by atoms with E-state index in [1.807, 2.05) is 67.3 Å². The molecule has 1 saturated heterocycles. The van der Waals surface area contributed by atoms with Gasteiger partial charge in [0, 0.05) is 28.1 Å². The summed E-state index contributed by atoms with van der Waals surface area (Å²) in [6, 6.07) is 26.1. The number of aryl methyl sites for hydroxylation is 1. The van der Waals surface area contributed by atoms with Crippen LogP contribution in [0.15, 0.2) is 103 Å². The highest BCUT2D eigenvalue weighted by Crippen LogP contribution is 2.58. The fourth-order valence-electron chi connectivity index (χ4n) is 7.11. The highest BCUT2D eigenvalue weighted by molar-refractivity contribution is 6.18. The van der Waals surface area contributed by atoms with Crippen molar-refractivity contribution in [3.63, 3.8) is 0 Å². The molecule has 0 aliphatic carbocycles. The normalized spacial score (nSPS) is 23.9. The third-order valence-electron chi connectivity index (χ3n) is 8.87. The molecule has 202 valence electrons. The number of nitrogens with zero attached hydrogens (tertiary/aromatic N) is 1. The van der Waals surface area contributed by atoms with Crippen LogP contribution in [0, 0.1) is 18.7 Å². The van der Waals surface area contributed by atoms with Crippen LogP contribution in [-0.2, 0) is 10.2 Å². The highest BCUT2D eigenvalue weighted by atomic mass is 19.1. The zero-order chi connectivity index (χ0) is 28.5. The molecule has 6 heteroatoms. The van der Waals surface area contributed by atoms with Crippen LogP contribution in [0.1, 0.15) is 44.3 Å². The van der Waals surface area contributed by atoms with Gasteiger partial charge >= 0.3 is 0 Å². The molecular weight excluding hydrogens is 515 g/mol. The van der Waals surface area contributed by atoms with Gasteiger partial charge in [0.25, 0.3) is 0 Å².